The summed E-state index contributed by atoms with van der Waals surface area (Å²) >= 11 is 12.3. The molecule has 1 saturated heterocycles. The van der Waals surface area contributed by atoms with Gasteiger partial charge in [0.15, 0.2) is 0 Å². The second kappa shape index (κ2) is 8.62. The van der Waals surface area contributed by atoms with Crippen LogP contribution < -0.4 is 10.6 Å². The quantitative estimate of drug-likeness (QED) is 0.495. The number of benzene rings is 2. The van der Waals surface area contributed by atoms with Crippen LogP contribution >= 0.6 is 23.2 Å². The fraction of sp³-hybridized carbons (Fsp3) is 0.500. The van der Waals surface area contributed by atoms with Crippen LogP contribution in [0.2, 0.25) is 10.0 Å². The molecule has 1 spiro atoms. The third-order valence-corrected chi connectivity index (χ3v) is 8.11. The number of nitrogens with one attached hydrogen (secondary N) is 2. The van der Waals surface area contributed by atoms with E-state index in [1.807, 2.05) is 19.9 Å². The smallest absolute Gasteiger partial charge is 0.230 e. The van der Waals surface area contributed by atoms with Gasteiger partial charge in [0, 0.05) is 28.2 Å². The Hall–Kier alpha value is -1.62. The maximum Gasteiger partial charge on any atom is 0.230 e. The van der Waals surface area contributed by atoms with Crippen molar-refractivity contribution in [3.63, 3.8) is 0 Å². The fourth-order valence-electron chi connectivity index (χ4n) is 5.67. The number of halogens is 3. The van der Waals surface area contributed by atoms with E-state index >= 15 is 4.39 Å². The van der Waals surface area contributed by atoms with Crippen LogP contribution in [0.15, 0.2) is 36.4 Å². The minimum Gasteiger partial charge on any atom is -0.325 e. The van der Waals surface area contributed by atoms with Gasteiger partial charge in [0.05, 0.1) is 10.9 Å². The van der Waals surface area contributed by atoms with Crippen molar-refractivity contribution >= 4 is 34.8 Å². The van der Waals surface area contributed by atoms with E-state index in [2.05, 4.69) is 24.5 Å². The van der Waals surface area contributed by atoms with Crippen molar-refractivity contribution in [1.82, 2.24) is 5.32 Å². The van der Waals surface area contributed by atoms with Crippen LogP contribution in [-0.4, -0.2) is 17.5 Å². The Kier molecular flexibility index (Phi) is 6.34. The lowest BCUT2D eigenvalue weighted by Crippen LogP contribution is -2.53. The predicted molar refractivity (Wildman–Crippen MR) is 130 cm³/mol. The summed E-state index contributed by atoms with van der Waals surface area (Å²) in [6.45, 7) is 8.53. The highest BCUT2D eigenvalue weighted by molar-refractivity contribution is 6.31. The molecule has 3 nitrogen and oxygen atoms in total. The maximum atomic E-state index is 15.2. The highest BCUT2D eigenvalue weighted by Crippen LogP contribution is 2.53. The van der Waals surface area contributed by atoms with Crippen molar-refractivity contribution in [2.75, 3.05) is 5.32 Å². The molecule has 1 aliphatic carbocycles. The van der Waals surface area contributed by atoms with Gasteiger partial charge in [-0.3, -0.25) is 4.79 Å². The Morgan fingerprint density at radius 1 is 1.12 bits per heavy atom. The molecule has 1 heterocycles. The second-order valence-electron chi connectivity index (χ2n) is 10.3. The highest BCUT2D eigenvalue weighted by Gasteiger charge is 2.57. The summed E-state index contributed by atoms with van der Waals surface area (Å²) in [5.74, 6) is -1.29. The van der Waals surface area contributed by atoms with Crippen LogP contribution in [0.5, 0.6) is 0 Å². The van der Waals surface area contributed by atoms with Crippen molar-refractivity contribution in [2.24, 2.45) is 11.3 Å². The van der Waals surface area contributed by atoms with Gasteiger partial charge < -0.3 is 10.6 Å². The van der Waals surface area contributed by atoms with Gasteiger partial charge in [-0.1, -0.05) is 55.2 Å². The Balaban J connectivity index is 1.76. The van der Waals surface area contributed by atoms with Crippen molar-refractivity contribution in [3.8, 4) is 0 Å². The molecule has 1 aliphatic heterocycles. The van der Waals surface area contributed by atoms with Gasteiger partial charge in [-0.25, -0.2) is 4.39 Å². The summed E-state index contributed by atoms with van der Waals surface area (Å²) in [6.07, 6.45) is 3.76. The summed E-state index contributed by atoms with van der Waals surface area (Å²) in [7, 11) is 0. The van der Waals surface area contributed by atoms with Gasteiger partial charge >= 0.3 is 0 Å². The van der Waals surface area contributed by atoms with Crippen molar-refractivity contribution in [1.29, 1.82) is 0 Å². The van der Waals surface area contributed by atoms with E-state index in [0.29, 0.717) is 16.3 Å². The minimum atomic E-state index is -0.433. The summed E-state index contributed by atoms with van der Waals surface area (Å²) in [5, 5.41) is 7.52. The third-order valence-electron chi connectivity index (χ3n) is 7.58. The van der Waals surface area contributed by atoms with E-state index in [1.54, 1.807) is 30.3 Å². The molecule has 2 aliphatic rings. The SMILES string of the molecule is Cc1ccc(Cl)cc1NC(=O)[C@H]1[C@@H](c2cccc(Cl)c2F)[C@H](C)NC12CCC(C)(C)CC2. The first-order valence-electron chi connectivity index (χ1n) is 11.3. The Morgan fingerprint density at radius 2 is 1.81 bits per heavy atom. The monoisotopic (exact) mass is 476 g/mol. The van der Waals surface area contributed by atoms with Gasteiger partial charge in [-0.2, -0.15) is 0 Å². The Labute approximate surface area is 200 Å². The zero-order chi connectivity index (χ0) is 23.3. The van der Waals surface area contributed by atoms with E-state index in [4.69, 9.17) is 23.2 Å². The maximum absolute atomic E-state index is 15.2. The first kappa shape index (κ1) is 23.5. The molecule has 0 bridgehead atoms. The fourth-order valence-corrected chi connectivity index (χ4v) is 6.03. The lowest BCUT2D eigenvalue weighted by molar-refractivity contribution is -0.122. The van der Waals surface area contributed by atoms with E-state index in [0.717, 1.165) is 31.2 Å². The van der Waals surface area contributed by atoms with Crippen LogP contribution in [0.3, 0.4) is 0 Å². The molecule has 1 saturated carbocycles. The molecule has 6 heteroatoms. The molecule has 172 valence electrons. The number of aryl methyl sites for hydroxylation is 1. The van der Waals surface area contributed by atoms with E-state index in [-0.39, 0.29) is 33.8 Å². The normalized spacial score (nSPS) is 26.3. The van der Waals surface area contributed by atoms with Crippen LogP contribution in [0.1, 0.15) is 63.5 Å². The standard InChI is InChI=1S/C26H31Cl2FN2O/c1-15-8-9-17(27)14-20(15)30-24(32)22-21(18-6-5-7-19(28)23(18)29)16(2)31-26(22)12-10-25(3,4)11-13-26/h5-9,14,16,21-22,31H,10-13H2,1-4H3,(H,30,32)/t16-,21+,22+/m0/s1. The van der Waals surface area contributed by atoms with Crippen LogP contribution in [0.25, 0.3) is 0 Å². The Bertz CT molecular complexity index is 1030. The number of carbonyl (C=O) groups is 1. The largest absolute Gasteiger partial charge is 0.325 e. The molecular formula is C26H31Cl2FN2O. The zero-order valence-corrected chi connectivity index (χ0v) is 20.6. The Morgan fingerprint density at radius 3 is 2.50 bits per heavy atom. The van der Waals surface area contributed by atoms with Gasteiger partial charge in [-0.15, -0.1) is 0 Å². The average molecular weight is 477 g/mol. The van der Waals surface area contributed by atoms with Crippen LogP contribution in [0.4, 0.5) is 10.1 Å². The molecule has 2 aromatic rings. The highest BCUT2D eigenvalue weighted by atomic mass is 35.5. The second-order valence-corrected chi connectivity index (χ2v) is 11.2. The van der Waals surface area contributed by atoms with Gasteiger partial charge in [0.2, 0.25) is 5.91 Å². The summed E-state index contributed by atoms with van der Waals surface area (Å²) < 4.78 is 15.2. The van der Waals surface area contributed by atoms with E-state index in [9.17, 15) is 4.79 Å². The number of anilines is 1. The molecule has 0 unspecified atom stereocenters. The molecule has 2 N–H and O–H groups in total. The number of carbonyl (C=O) groups excluding carboxylic acids is 1. The number of amides is 1. The van der Waals surface area contributed by atoms with E-state index < -0.39 is 11.7 Å². The molecular weight excluding hydrogens is 446 g/mol. The topological polar surface area (TPSA) is 41.1 Å². The molecule has 0 aromatic heterocycles. The summed E-state index contributed by atoms with van der Waals surface area (Å²) in [6, 6.07) is 10.5. The first-order valence-corrected chi connectivity index (χ1v) is 12.1. The molecule has 32 heavy (non-hydrogen) atoms. The average Bonchev–Trinajstić information content (AvgIpc) is 3.01. The van der Waals surface area contributed by atoms with Crippen LogP contribution in [0, 0.1) is 24.1 Å². The number of hydrogen-bond acceptors (Lipinski definition) is 2. The van der Waals surface area contributed by atoms with Gasteiger partial charge in [0.25, 0.3) is 0 Å². The number of rotatable bonds is 3. The molecule has 2 fully saturated rings. The lowest BCUT2D eigenvalue weighted by Gasteiger charge is -2.45. The summed E-state index contributed by atoms with van der Waals surface area (Å²) in [5.41, 5.74) is 1.98. The molecule has 2 aromatic carbocycles. The van der Waals surface area contributed by atoms with Crippen LogP contribution in [-0.2, 0) is 4.79 Å². The minimum absolute atomic E-state index is 0.0691. The predicted octanol–water partition coefficient (Wildman–Crippen LogP) is 7.11. The summed E-state index contributed by atoms with van der Waals surface area (Å²) in [4.78, 5) is 13.9. The molecule has 0 radical (unpaired) electrons. The van der Waals surface area contributed by atoms with Gasteiger partial charge in [-0.05, 0) is 74.3 Å². The first-order chi connectivity index (χ1) is 15.0. The molecule has 4 rings (SSSR count). The lowest BCUT2D eigenvalue weighted by atomic mass is 9.63. The van der Waals surface area contributed by atoms with Gasteiger partial charge in [0.1, 0.15) is 5.82 Å². The number of hydrogen-bond donors (Lipinski definition) is 2. The third kappa shape index (κ3) is 4.30. The van der Waals surface area contributed by atoms with Crippen molar-refractivity contribution in [2.45, 2.75) is 70.9 Å². The molecule has 3 atom stereocenters. The zero-order valence-electron chi connectivity index (χ0n) is 19.1. The van der Waals surface area contributed by atoms with Crippen molar-refractivity contribution < 1.29 is 9.18 Å². The van der Waals surface area contributed by atoms with E-state index in [1.165, 1.54) is 0 Å². The van der Waals surface area contributed by atoms with Crippen molar-refractivity contribution in [3.05, 3.63) is 63.4 Å². The molecule has 1 amide bonds.